The van der Waals surface area contributed by atoms with Crippen molar-refractivity contribution in [1.82, 2.24) is 4.57 Å². The molecule has 0 aliphatic carbocycles. The van der Waals surface area contributed by atoms with Crippen LogP contribution in [-0.4, -0.2) is 44.6 Å². The fourth-order valence-electron chi connectivity index (χ4n) is 4.21. The number of benzene rings is 2. The van der Waals surface area contributed by atoms with E-state index in [0.717, 1.165) is 6.42 Å². The first-order valence-corrected chi connectivity index (χ1v) is 13.8. The molecular formula is C28H28Cl2N2O6S. The van der Waals surface area contributed by atoms with E-state index in [1.807, 2.05) is 13.0 Å². The number of hydrogen-bond acceptors (Lipinski definition) is 8. The largest absolute Gasteiger partial charge is 0.493 e. The van der Waals surface area contributed by atoms with Crippen LogP contribution < -0.4 is 24.4 Å². The predicted octanol–water partition coefficient (Wildman–Crippen LogP) is 4.53. The number of carbonyl (C=O) groups excluding carboxylic acids is 1. The minimum absolute atomic E-state index is 0.0494. The van der Waals surface area contributed by atoms with Crippen molar-refractivity contribution in [2.75, 3.05) is 34.0 Å². The Hall–Kier alpha value is -3.11. The van der Waals surface area contributed by atoms with E-state index >= 15 is 0 Å². The van der Waals surface area contributed by atoms with Gasteiger partial charge < -0.3 is 18.9 Å². The highest BCUT2D eigenvalue weighted by molar-refractivity contribution is 7.07. The normalized spacial score (nSPS) is 15.1. The number of thiazole rings is 1. The van der Waals surface area contributed by atoms with Gasteiger partial charge in [-0.2, -0.15) is 0 Å². The van der Waals surface area contributed by atoms with Crippen molar-refractivity contribution in [2.24, 2.45) is 4.99 Å². The molecule has 206 valence electrons. The van der Waals surface area contributed by atoms with Gasteiger partial charge in [0.25, 0.3) is 5.56 Å². The molecule has 0 amide bonds. The summed E-state index contributed by atoms with van der Waals surface area (Å²) in [4.78, 5) is 32.4. The maximum absolute atomic E-state index is 14.0. The number of nitrogens with zero attached hydrogens (tertiary/aromatic N) is 2. The molecule has 3 aromatic rings. The molecule has 1 aliphatic rings. The van der Waals surface area contributed by atoms with Gasteiger partial charge in [-0.3, -0.25) is 9.36 Å². The Morgan fingerprint density at radius 3 is 2.62 bits per heavy atom. The van der Waals surface area contributed by atoms with E-state index in [0.29, 0.717) is 54.3 Å². The summed E-state index contributed by atoms with van der Waals surface area (Å²) in [6, 6.07) is 9.69. The van der Waals surface area contributed by atoms with Crippen molar-refractivity contribution in [3.05, 3.63) is 88.5 Å². The molecule has 4 rings (SSSR count). The standard InChI is InChI=1S/C28H28Cl2N2O6S/c1-5-12-37-25-18(9-7-11-20(25)36-4)24-22(27(34)38-14-13-35-3)16(2)31-28-32(24)26(33)21(39-28)15-17-8-6-10-19(29)23(17)30/h6-11,15,24H,5,12-14H2,1-4H3/b21-15+/t24-/m1/s1. The average Bonchev–Trinajstić information content (AvgIpc) is 3.23. The lowest BCUT2D eigenvalue weighted by Crippen LogP contribution is -2.40. The maximum Gasteiger partial charge on any atom is 0.338 e. The Balaban J connectivity index is 1.98. The number of esters is 1. The number of fused-ring (bicyclic) bond motifs is 1. The molecule has 39 heavy (non-hydrogen) atoms. The Morgan fingerprint density at radius 2 is 1.90 bits per heavy atom. The second kappa shape index (κ2) is 12.8. The van der Waals surface area contributed by atoms with Crippen LogP contribution in [0.5, 0.6) is 11.5 Å². The molecule has 1 aromatic heterocycles. The highest BCUT2D eigenvalue weighted by atomic mass is 35.5. The number of aromatic nitrogens is 1. The van der Waals surface area contributed by atoms with Gasteiger partial charge in [-0.15, -0.1) is 0 Å². The summed E-state index contributed by atoms with van der Waals surface area (Å²) >= 11 is 13.8. The topological polar surface area (TPSA) is 88.4 Å². The Bertz CT molecular complexity index is 1590. The lowest BCUT2D eigenvalue weighted by atomic mass is 9.94. The monoisotopic (exact) mass is 590 g/mol. The molecule has 0 saturated heterocycles. The molecule has 0 spiro atoms. The molecule has 1 aliphatic heterocycles. The summed E-state index contributed by atoms with van der Waals surface area (Å²) in [6.45, 7) is 4.40. The first kappa shape index (κ1) is 28.9. The quantitative estimate of drug-likeness (QED) is 0.255. The van der Waals surface area contributed by atoms with Gasteiger partial charge in [0, 0.05) is 12.7 Å². The first-order chi connectivity index (χ1) is 18.8. The molecule has 0 fully saturated rings. The van der Waals surface area contributed by atoms with E-state index < -0.39 is 12.0 Å². The lowest BCUT2D eigenvalue weighted by Gasteiger charge is -2.27. The molecule has 0 saturated carbocycles. The summed E-state index contributed by atoms with van der Waals surface area (Å²) < 4.78 is 24.1. The molecule has 2 heterocycles. The number of allylic oxidation sites excluding steroid dienone is 1. The highest BCUT2D eigenvalue weighted by Gasteiger charge is 2.36. The van der Waals surface area contributed by atoms with Crippen LogP contribution in [0, 0.1) is 0 Å². The maximum atomic E-state index is 14.0. The van der Waals surface area contributed by atoms with Crippen LogP contribution in [0.25, 0.3) is 6.08 Å². The Labute approximate surface area is 239 Å². The number of halogens is 2. The zero-order chi connectivity index (χ0) is 28.1. The van der Waals surface area contributed by atoms with Gasteiger partial charge in [-0.05, 0) is 37.1 Å². The predicted molar refractivity (Wildman–Crippen MR) is 152 cm³/mol. The van der Waals surface area contributed by atoms with Crippen LogP contribution in [-0.2, 0) is 14.3 Å². The Kier molecular flexibility index (Phi) is 9.50. The molecule has 0 bridgehead atoms. The van der Waals surface area contributed by atoms with Crippen LogP contribution >= 0.6 is 34.5 Å². The molecule has 0 radical (unpaired) electrons. The number of ether oxygens (including phenoxy) is 4. The number of rotatable bonds is 10. The van der Waals surface area contributed by atoms with Crippen LogP contribution in [0.3, 0.4) is 0 Å². The van der Waals surface area contributed by atoms with Crippen LogP contribution in [0.1, 0.15) is 37.4 Å². The van der Waals surface area contributed by atoms with Crippen molar-refractivity contribution >= 4 is 46.6 Å². The summed E-state index contributed by atoms with van der Waals surface area (Å²) in [5.41, 5.74) is 1.47. The van der Waals surface area contributed by atoms with Gasteiger partial charge in [0.1, 0.15) is 12.6 Å². The third-order valence-corrected chi connectivity index (χ3v) is 7.82. The smallest absolute Gasteiger partial charge is 0.338 e. The van der Waals surface area contributed by atoms with Gasteiger partial charge in [-0.25, -0.2) is 9.79 Å². The number of para-hydroxylation sites is 1. The van der Waals surface area contributed by atoms with Crippen molar-refractivity contribution in [2.45, 2.75) is 26.3 Å². The zero-order valence-electron chi connectivity index (χ0n) is 22.0. The van der Waals surface area contributed by atoms with Gasteiger partial charge in [0.15, 0.2) is 16.3 Å². The van der Waals surface area contributed by atoms with E-state index in [1.165, 1.54) is 23.0 Å². The van der Waals surface area contributed by atoms with Crippen LogP contribution in [0.2, 0.25) is 10.0 Å². The Morgan fingerprint density at radius 1 is 1.13 bits per heavy atom. The molecular weight excluding hydrogens is 563 g/mol. The van der Waals surface area contributed by atoms with Crippen LogP contribution in [0.4, 0.5) is 0 Å². The van der Waals surface area contributed by atoms with Crippen molar-refractivity contribution < 1.29 is 23.7 Å². The second-order valence-electron chi connectivity index (χ2n) is 8.58. The molecule has 0 N–H and O–H groups in total. The van der Waals surface area contributed by atoms with Crippen LogP contribution in [0.15, 0.2) is 57.5 Å². The summed E-state index contributed by atoms with van der Waals surface area (Å²) in [6.07, 6.45) is 2.42. The van der Waals surface area contributed by atoms with E-state index in [-0.39, 0.29) is 24.3 Å². The molecule has 8 nitrogen and oxygen atoms in total. The fourth-order valence-corrected chi connectivity index (χ4v) is 5.61. The van der Waals surface area contributed by atoms with Gasteiger partial charge >= 0.3 is 5.97 Å². The fraction of sp³-hybridized carbons (Fsp3) is 0.321. The number of methoxy groups -OCH3 is 2. The zero-order valence-corrected chi connectivity index (χ0v) is 24.3. The van der Waals surface area contributed by atoms with Gasteiger partial charge in [0.05, 0.1) is 46.2 Å². The minimum Gasteiger partial charge on any atom is -0.493 e. The van der Waals surface area contributed by atoms with E-state index in [2.05, 4.69) is 4.99 Å². The minimum atomic E-state index is -0.879. The molecule has 0 unspecified atom stereocenters. The summed E-state index contributed by atoms with van der Waals surface area (Å²) in [5.74, 6) is 0.321. The summed E-state index contributed by atoms with van der Waals surface area (Å²) in [7, 11) is 3.06. The van der Waals surface area contributed by atoms with Gasteiger partial charge in [0.2, 0.25) is 0 Å². The third-order valence-electron chi connectivity index (χ3n) is 6.00. The molecule has 2 aromatic carbocycles. The average molecular weight is 592 g/mol. The van der Waals surface area contributed by atoms with E-state index in [9.17, 15) is 9.59 Å². The van der Waals surface area contributed by atoms with E-state index in [1.54, 1.807) is 50.4 Å². The SMILES string of the molecule is CCCOc1c(OC)cccc1[C@@H]1C(C(=O)OCCOC)=C(C)N=c2s/c(=C/c3cccc(Cl)c3Cl)c(=O)n21. The second-order valence-corrected chi connectivity index (χ2v) is 10.4. The lowest BCUT2D eigenvalue weighted by molar-refractivity contribution is -0.140. The molecule has 11 heteroatoms. The van der Waals surface area contributed by atoms with Crippen molar-refractivity contribution in [1.29, 1.82) is 0 Å². The number of hydrogen-bond donors (Lipinski definition) is 0. The third kappa shape index (κ3) is 5.91. The van der Waals surface area contributed by atoms with Crippen molar-refractivity contribution in [3.63, 3.8) is 0 Å². The number of carbonyl (C=O) groups is 1. The van der Waals surface area contributed by atoms with Gasteiger partial charge in [-0.1, -0.05) is 65.7 Å². The van der Waals surface area contributed by atoms with E-state index in [4.69, 9.17) is 42.1 Å². The van der Waals surface area contributed by atoms with Crippen molar-refractivity contribution in [3.8, 4) is 11.5 Å². The molecule has 1 atom stereocenters. The summed E-state index contributed by atoms with van der Waals surface area (Å²) in [5, 5.41) is 0.713. The first-order valence-electron chi connectivity index (χ1n) is 12.2. The highest BCUT2D eigenvalue weighted by Crippen LogP contribution is 2.41.